The van der Waals surface area contributed by atoms with Gasteiger partial charge < -0.3 is 9.80 Å². The molecular weight excluding hydrogens is 373 g/mol. The predicted octanol–water partition coefficient (Wildman–Crippen LogP) is 2.22. The van der Waals surface area contributed by atoms with Crippen LogP contribution < -0.4 is 10.5 Å². The maximum Gasteiger partial charge on any atom is 0.295 e. The second kappa shape index (κ2) is 7.62. The smallest absolute Gasteiger partial charge is 0.295 e. The molecule has 3 heterocycles. The van der Waals surface area contributed by atoms with E-state index in [4.69, 9.17) is 0 Å². The van der Waals surface area contributed by atoms with Crippen LogP contribution in [0.15, 0.2) is 41.3 Å². The summed E-state index contributed by atoms with van der Waals surface area (Å²) in [5.41, 5.74) is 1.90. The highest BCUT2D eigenvalue weighted by molar-refractivity contribution is 5.94. The molecule has 1 saturated heterocycles. The van der Waals surface area contributed by atoms with Crippen LogP contribution in [0.3, 0.4) is 0 Å². The molecule has 2 aromatic heterocycles. The fourth-order valence-corrected chi connectivity index (χ4v) is 3.59. The number of pyridine rings is 1. The number of fused-ring (bicyclic) bond motifs is 1. The number of nitrogens with zero attached hydrogens (tertiary/aromatic N) is 5. The Labute approximate surface area is 167 Å². The standard InChI is InChI=1S/C21H22FN5O2/c1-3-27-18-17(5-4-8-23-18)24-19(21(27)29)25-9-11-26(12-10-25)20(28)15-7-6-14(2)16(22)13-15/h4-8,13H,3,9-12H2,1-2H3. The van der Waals surface area contributed by atoms with Crippen LogP contribution in [0.4, 0.5) is 10.2 Å². The van der Waals surface area contributed by atoms with Gasteiger partial charge in [-0.1, -0.05) is 6.07 Å². The van der Waals surface area contributed by atoms with Crippen LogP contribution in [0, 0.1) is 12.7 Å². The van der Waals surface area contributed by atoms with Crippen molar-refractivity contribution >= 4 is 22.9 Å². The summed E-state index contributed by atoms with van der Waals surface area (Å²) in [5.74, 6) is -0.213. The molecule has 4 rings (SSSR count). The lowest BCUT2D eigenvalue weighted by atomic mass is 10.1. The van der Waals surface area contributed by atoms with Gasteiger partial charge in [-0.3, -0.25) is 14.2 Å². The van der Waals surface area contributed by atoms with Crippen molar-refractivity contribution in [1.82, 2.24) is 19.4 Å². The van der Waals surface area contributed by atoms with Crippen LogP contribution in [0.5, 0.6) is 0 Å². The molecule has 0 atom stereocenters. The van der Waals surface area contributed by atoms with Crippen LogP contribution in [-0.2, 0) is 6.54 Å². The Kier molecular flexibility index (Phi) is 5.00. The van der Waals surface area contributed by atoms with Gasteiger partial charge in [0.15, 0.2) is 11.5 Å². The minimum atomic E-state index is -0.386. The molecule has 7 nitrogen and oxygen atoms in total. The molecule has 0 unspecified atom stereocenters. The summed E-state index contributed by atoms with van der Waals surface area (Å²) in [7, 11) is 0. The molecule has 3 aromatic rings. The Morgan fingerprint density at radius 1 is 1.17 bits per heavy atom. The Bertz CT molecular complexity index is 1140. The topological polar surface area (TPSA) is 71.3 Å². The van der Waals surface area contributed by atoms with Crippen molar-refractivity contribution in [2.24, 2.45) is 0 Å². The Hall–Kier alpha value is -3.29. The van der Waals surface area contributed by atoms with E-state index in [0.717, 1.165) is 0 Å². The van der Waals surface area contributed by atoms with Crippen molar-refractivity contribution in [3.05, 3.63) is 63.8 Å². The molecule has 0 bridgehead atoms. The van der Waals surface area contributed by atoms with E-state index in [1.54, 1.807) is 40.8 Å². The third kappa shape index (κ3) is 3.46. The van der Waals surface area contributed by atoms with Gasteiger partial charge in [0.1, 0.15) is 11.3 Å². The zero-order chi connectivity index (χ0) is 20.5. The van der Waals surface area contributed by atoms with Crippen molar-refractivity contribution < 1.29 is 9.18 Å². The number of piperazine rings is 1. The number of hydrogen-bond acceptors (Lipinski definition) is 5. The largest absolute Gasteiger partial charge is 0.348 e. The summed E-state index contributed by atoms with van der Waals surface area (Å²) in [5, 5.41) is 0. The number of hydrogen-bond donors (Lipinski definition) is 0. The molecule has 1 amide bonds. The molecule has 0 saturated carbocycles. The van der Waals surface area contributed by atoms with Gasteiger partial charge in [-0.25, -0.2) is 14.4 Å². The van der Waals surface area contributed by atoms with Crippen molar-refractivity contribution in [3.63, 3.8) is 0 Å². The quantitative estimate of drug-likeness (QED) is 0.680. The Morgan fingerprint density at radius 2 is 1.93 bits per heavy atom. The first-order valence-corrected chi connectivity index (χ1v) is 9.65. The van der Waals surface area contributed by atoms with Gasteiger partial charge >= 0.3 is 0 Å². The van der Waals surface area contributed by atoms with E-state index in [1.807, 2.05) is 17.9 Å². The van der Waals surface area contributed by atoms with Crippen molar-refractivity contribution in [3.8, 4) is 0 Å². The van der Waals surface area contributed by atoms with E-state index < -0.39 is 0 Å². The van der Waals surface area contributed by atoms with Crippen LogP contribution in [0.2, 0.25) is 0 Å². The molecule has 1 aliphatic rings. The molecule has 0 aliphatic carbocycles. The summed E-state index contributed by atoms with van der Waals surface area (Å²) in [6.45, 7) is 5.91. The first-order chi connectivity index (χ1) is 14.0. The van der Waals surface area contributed by atoms with Crippen LogP contribution in [0.1, 0.15) is 22.8 Å². The normalized spacial score (nSPS) is 14.4. The maximum atomic E-state index is 13.8. The van der Waals surface area contributed by atoms with E-state index in [9.17, 15) is 14.0 Å². The van der Waals surface area contributed by atoms with Gasteiger partial charge in [-0.05, 0) is 43.7 Å². The van der Waals surface area contributed by atoms with Crippen LogP contribution in [-0.4, -0.2) is 51.5 Å². The zero-order valence-corrected chi connectivity index (χ0v) is 16.4. The van der Waals surface area contributed by atoms with Gasteiger partial charge in [-0.2, -0.15) is 0 Å². The SMILES string of the molecule is CCn1c(=O)c(N2CCN(C(=O)c3ccc(C)c(F)c3)CC2)nc2cccnc21. The molecule has 1 fully saturated rings. The van der Waals surface area contributed by atoms with Crippen molar-refractivity contribution in [2.75, 3.05) is 31.1 Å². The number of aryl methyl sites for hydroxylation is 2. The number of rotatable bonds is 3. The minimum Gasteiger partial charge on any atom is -0.348 e. The van der Waals surface area contributed by atoms with Crippen molar-refractivity contribution in [1.29, 1.82) is 0 Å². The number of benzene rings is 1. The minimum absolute atomic E-state index is 0.181. The third-order valence-electron chi connectivity index (χ3n) is 5.29. The summed E-state index contributed by atoms with van der Waals surface area (Å²) in [6.07, 6.45) is 1.65. The lowest BCUT2D eigenvalue weighted by Gasteiger charge is -2.35. The second-order valence-corrected chi connectivity index (χ2v) is 7.07. The van der Waals surface area contributed by atoms with Gasteiger partial charge in [0.2, 0.25) is 0 Å². The predicted molar refractivity (Wildman–Crippen MR) is 109 cm³/mol. The summed E-state index contributed by atoms with van der Waals surface area (Å²) < 4.78 is 15.4. The highest BCUT2D eigenvalue weighted by atomic mass is 19.1. The van der Waals surface area contributed by atoms with Gasteiger partial charge in [-0.15, -0.1) is 0 Å². The zero-order valence-electron chi connectivity index (χ0n) is 16.4. The number of carbonyl (C=O) groups excluding carboxylic acids is 1. The monoisotopic (exact) mass is 395 g/mol. The highest BCUT2D eigenvalue weighted by Crippen LogP contribution is 2.17. The molecule has 8 heteroatoms. The molecule has 0 N–H and O–H groups in total. The third-order valence-corrected chi connectivity index (χ3v) is 5.29. The molecule has 1 aromatic carbocycles. The van der Waals surface area contributed by atoms with E-state index >= 15 is 0 Å². The summed E-state index contributed by atoms with van der Waals surface area (Å²) >= 11 is 0. The average Bonchev–Trinajstić information content (AvgIpc) is 2.75. The fraction of sp³-hybridized carbons (Fsp3) is 0.333. The Morgan fingerprint density at radius 3 is 2.62 bits per heavy atom. The van der Waals surface area contributed by atoms with Crippen LogP contribution in [0.25, 0.3) is 11.2 Å². The first kappa shape index (κ1) is 19.0. The van der Waals surface area contributed by atoms with Gasteiger partial charge in [0, 0.05) is 44.5 Å². The number of amides is 1. The molecule has 0 radical (unpaired) electrons. The highest BCUT2D eigenvalue weighted by Gasteiger charge is 2.25. The molecule has 0 spiro atoms. The van der Waals surface area contributed by atoms with Crippen LogP contribution >= 0.6 is 0 Å². The van der Waals surface area contributed by atoms with E-state index in [0.29, 0.717) is 60.8 Å². The second-order valence-electron chi connectivity index (χ2n) is 7.07. The molecule has 150 valence electrons. The van der Waals surface area contributed by atoms with Gasteiger partial charge in [0.05, 0.1) is 0 Å². The van der Waals surface area contributed by atoms with E-state index in [1.165, 1.54) is 6.07 Å². The summed E-state index contributed by atoms with van der Waals surface area (Å²) in [4.78, 5) is 38.0. The number of aromatic nitrogens is 3. The number of anilines is 1. The fourth-order valence-electron chi connectivity index (χ4n) is 3.59. The lowest BCUT2D eigenvalue weighted by molar-refractivity contribution is 0.0746. The average molecular weight is 395 g/mol. The lowest BCUT2D eigenvalue weighted by Crippen LogP contribution is -2.50. The molecule has 1 aliphatic heterocycles. The van der Waals surface area contributed by atoms with Gasteiger partial charge in [0.25, 0.3) is 11.5 Å². The number of halogens is 1. The molecule has 29 heavy (non-hydrogen) atoms. The number of carbonyl (C=O) groups is 1. The Balaban J connectivity index is 1.55. The van der Waals surface area contributed by atoms with Crippen molar-refractivity contribution in [2.45, 2.75) is 20.4 Å². The molecular formula is C21H22FN5O2. The maximum absolute atomic E-state index is 13.8. The van der Waals surface area contributed by atoms with E-state index in [-0.39, 0.29) is 17.3 Å². The first-order valence-electron chi connectivity index (χ1n) is 9.65. The van der Waals surface area contributed by atoms with E-state index in [2.05, 4.69) is 9.97 Å². The summed E-state index contributed by atoms with van der Waals surface area (Å²) in [6, 6.07) is 8.16.